The van der Waals surface area contributed by atoms with E-state index >= 15 is 0 Å². The van der Waals surface area contributed by atoms with Gasteiger partial charge in [0.2, 0.25) is 5.76 Å². The van der Waals surface area contributed by atoms with E-state index in [4.69, 9.17) is 0 Å². The molecule has 0 spiro atoms. The number of benzene rings is 2. The van der Waals surface area contributed by atoms with Crippen LogP contribution < -0.4 is 21.3 Å². The van der Waals surface area contributed by atoms with E-state index in [1.54, 1.807) is 42.6 Å². The van der Waals surface area contributed by atoms with Gasteiger partial charge >= 0.3 is 12.2 Å². The minimum absolute atomic E-state index is 0.0197. The second-order valence-corrected chi connectivity index (χ2v) is 8.28. The van der Waals surface area contributed by atoms with Gasteiger partial charge in [-0.3, -0.25) is 4.79 Å². The number of H-pyrrole nitrogens is 1. The third kappa shape index (κ3) is 5.20. The highest BCUT2D eigenvalue weighted by Gasteiger charge is 2.38. The maximum absolute atomic E-state index is 13.1. The van der Waals surface area contributed by atoms with Crippen molar-refractivity contribution in [2.45, 2.75) is 13.1 Å². The lowest BCUT2D eigenvalue weighted by Gasteiger charge is -2.12. The minimum atomic E-state index is -4.74. The van der Waals surface area contributed by atoms with Crippen LogP contribution in [0.2, 0.25) is 0 Å². The molecule has 3 amide bonds. The van der Waals surface area contributed by atoms with Gasteiger partial charge in [-0.15, -0.1) is 0 Å². The number of alkyl halides is 3. The molecule has 0 radical (unpaired) electrons. The molecule has 3 heterocycles. The molecular formula is C26H20F3N5O3. The Morgan fingerprint density at radius 1 is 0.973 bits per heavy atom. The summed E-state index contributed by atoms with van der Waals surface area (Å²) in [7, 11) is 0. The summed E-state index contributed by atoms with van der Waals surface area (Å²) < 4.78 is 44.0. The van der Waals surface area contributed by atoms with Crippen molar-refractivity contribution >= 4 is 52.0 Å². The van der Waals surface area contributed by atoms with E-state index in [1.165, 1.54) is 6.92 Å². The van der Waals surface area contributed by atoms with Crippen LogP contribution >= 0.6 is 0 Å². The summed E-state index contributed by atoms with van der Waals surface area (Å²) in [6.07, 6.45) is -1.19. The molecule has 0 atom stereocenters. The van der Waals surface area contributed by atoms with Crippen molar-refractivity contribution in [2.24, 2.45) is 0 Å². The zero-order chi connectivity index (χ0) is 26.2. The summed E-state index contributed by atoms with van der Waals surface area (Å²) in [5, 5.41) is 10.7. The molecule has 0 unspecified atom stereocenters. The van der Waals surface area contributed by atoms with Gasteiger partial charge in [0, 0.05) is 40.6 Å². The summed E-state index contributed by atoms with van der Waals surface area (Å²) in [4.78, 5) is 27.8. The number of rotatable bonds is 5. The highest BCUT2D eigenvalue weighted by Crippen LogP contribution is 2.37. The average Bonchev–Trinajstić information content (AvgIpc) is 3.54. The molecule has 5 rings (SSSR count). The van der Waals surface area contributed by atoms with E-state index in [9.17, 15) is 22.8 Å². The van der Waals surface area contributed by atoms with Crippen LogP contribution in [0.15, 0.2) is 71.3 Å². The number of aryl methyl sites for hydroxylation is 1. The number of furan rings is 1. The minimum Gasteiger partial charge on any atom is -0.455 e. The predicted molar refractivity (Wildman–Crippen MR) is 135 cm³/mol. The SMILES string of the molecule is Cc1cc(NC(=O)Nc2cccc(Nc3ccc4c(c3)NC(=O)C4=Cc3ccc[nH]3)c2)c(C(F)(F)F)o1. The zero-order valence-electron chi connectivity index (χ0n) is 19.3. The van der Waals surface area contributed by atoms with Gasteiger partial charge in [-0.2, -0.15) is 13.2 Å². The molecule has 2 aromatic heterocycles. The summed E-state index contributed by atoms with van der Waals surface area (Å²) >= 11 is 0. The number of aromatic nitrogens is 1. The monoisotopic (exact) mass is 507 g/mol. The molecule has 0 fully saturated rings. The Kier molecular flexibility index (Phi) is 5.96. The molecule has 188 valence electrons. The topological polar surface area (TPSA) is 111 Å². The van der Waals surface area contributed by atoms with E-state index in [0.29, 0.717) is 28.3 Å². The highest BCUT2D eigenvalue weighted by molar-refractivity contribution is 6.35. The standard InChI is InChI=1S/C26H20F3N5O3/c1-14-10-22(23(37-14)26(27,28)29)34-25(36)32-17-5-2-4-16(11-17)31-18-7-8-19-20(12-15-6-3-9-30-15)24(35)33-21(19)13-18/h2-13,30-31H,1H3,(H,33,35)(H2,32,34,36). The summed E-state index contributed by atoms with van der Waals surface area (Å²) in [5.74, 6) is -1.46. The van der Waals surface area contributed by atoms with E-state index in [2.05, 4.69) is 30.7 Å². The van der Waals surface area contributed by atoms with Crippen LogP contribution in [0.1, 0.15) is 22.8 Å². The van der Waals surface area contributed by atoms with Gasteiger partial charge in [0.05, 0.1) is 16.9 Å². The summed E-state index contributed by atoms with van der Waals surface area (Å²) in [5.41, 5.74) is 3.95. The second kappa shape index (κ2) is 9.26. The first-order chi connectivity index (χ1) is 17.7. The van der Waals surface area contributed by atoms with Crippen molar-refractivity contribution in [2.75, 3.05) is 21.3 Å². The van der Waals surface area contributed by atoms with E-state index in [0.717, 1.165) is 17.3 Å². The number of nitrogens with one attached hydrogen (secondary N) is 5. The number of amides is 3. The van der Waals surface area contributed by atoms with Crippen molar-refractivity contribution in [1.29, 1.82) is 0 Å². The molecule has 8 nitrogen and oxygen atoms in total. The van der Waals surface area contributed by atoms with Gasteiger partial charge in [-0.05, 0) is 55.5 Å². The molecule has 37 heavy (non-hydrogen) atoms. The average molecular weight is 507 g/mol. The van der Waals surface area contributed by atoms with Crippen molar-refractivity contribution in [3.63, 3.8) is 0 Å². The Bertz CT molecular complexity index is 1520. The van der Waals surface area contributed by atoms with Crippen molar-refractivity contribution in [1.82, 2.24) is 4.98 Å². The van der Waals surface area contributed by atoms with Crippen molar-refractivity contribution in [3.8, 4) is 0 Å². The lowest BCUT2D eigenvalue weighted by Crippen LogP contribution is -2.21. The van der Waals surface area contributed by atoms with Gasteiger partial charge < -0.3 is 30.7 Å². The van der Waals surface area contributed by atoms with Crippen LogP contribution in [0.5, 0.6) is 0 Å². The first kappa shape index (κ1) is 23.8. The van der Waals surface area contributed by atoms with Gasteiger partial charge in [0.15, 0.2) is 0 Å². The Morgan fingerprint density at radius 2 is 1.76 bits per heavy atom. The van der Waals surface area contributed by atoms with Crippen LogP contribution in [-0.4, -0.2) is 16.9 Å². The Hall–Kier alpha value is -4.93. The van der Waals surface area contributed by atoms with Crippen LogP contribution in [-0.2, 0) is 11.0 Å². The lowest BCUT2D eigenvalue weighted by atomic mass is 10.1. The van der Waals surface area contributed by atoms with Gasteiger partial charge in [0.1, 0.15) is 5.76 Å². The van der Waals surface area contributed by atoms with E-state index < -0.39 is 23.7 Å². The number of carbonyl (C=O) groups excluding carboxylic acids is 2. The van der Waals surface area contributed by atoms with Crippen LogP contribution in [0.3, 0.4) is 0 Å². The molecule has 5 N–H and O–H groups in total. The third-order valence-electron chi connectivity index (χ3n) is 5.49. The smallest absolute Gasteiger partial charge is 0.451 e. The fraction of sp³-hybridized carbons (Fsp3) is 0.0769. The number of fused-ring (bicyclic) bond motifs is 1. The molecule has 2 aromatic carbocycles. The maximum Gasteiger partial charge on any atom is 0.451 e. The fourth-order valence-corrected chi connectivity index (χ4v) is 3.95. The van der Waals surface area contributed by atoms with Gasteiger partial charge in [-0.1, -0.05) is 12.1 Å². The summed E-state index contributed by atoms with van der Waals surface area (Å²) in [6.45, 7) is 1.36. The fourth-order valence-electron chi connectivity index (χ4n) is 3.95. The normalized spacial score (nSPS) is 13.8. The Morgan fingerprint density at radius 3 is 2.51 bits per heavy atom. The number of halogens is 3. The number of hydrogen-bond donors (Lipinski definition) is 5. The third-order valence-corrected chi connectivity index (χ3v) is 5.49. The molecule has 1 aliphatic heterocycles. The Labute approximate surface area is 208 Å². The van der Waals surface area contributed by atoms with Gasteiger partial charge in [-0.25, -0.2) is 4.79 Å². The number of urea groups is 1. The quantitative estimate of drug-likeness (QED) is 0.191. The zero-order valence-corrected chi connectivity index (χ0v) is 19.3. The largest absolute Gasteiger partial charge is 0.455 e. The Balaban J connectivity index is 1.28. The molecule has 1 aliphatic rings. The number of carbonyl (C=O) groups is 2. The number of hydrogen-bond acceptors (Lipinski definition) is 4. The first-order valence-electron chi connectivity index (χ1n) is 11.1. The molecule has 0 aliphatic carbocycles. The highest BCUT2D eigenvalue weighted by atomic mass is 19.4. The molecular weight excluding hydrogens is 487 g/mol. The van der Waals surface area contributed by atoms with Crippen LogP contribution in [0.25, 0.3) is 11.6 Å². The molecule has 0 saturated carbocycles. The number of aromatic amines is 1. The number of anilines is 5. The lowest BCUT2D eigenvalue weighted by molar-refractivity contribution is -0.152. The van der Waals surface area contributed by atoms with Crippen molar-refractivity contribution in [3.05, 3.63) is 89.6 Å². The molecule has 4 aromatic rings. The predicted octanol–water partition coefficient (Wildman–Crippen LogP) is 6.82. The van der Waals surface area contributed by atoms with Gasteiger partial charge in [0.25, 0.3) is 5.91 Å². The van der Waals surface area contributed by atoms with Crippen LogP contribution in [0, 0.1) is 6.92 Å². The van der Waals surface area contributed by atoms with E-state index in [-0.39, 0.29) is 11.7 Å². The second-order valence-electron chi connectivity index (χ2n) is 8.28. The first-order valence-corrected chi connectivity index (χ1v) is 11.1. The summed E-state index contributed by atoms with van der Waals surface area (Å²) in [6, 6.07) is 16.0. The molecule has 11 heteroatoms. The van der Waals surface area contributed by atoms with E-state index in [1.807, 2.05) is 24.3 Å². The van der Waals surface area contributed by atoms with Crippen molar-refractivity contribution < 1.29 is 27.2 Å². The maximum atomic E-state index is 13.1. The molecule has 0 saturated heterocycles. The molecule has 0 bridgehead atoms. The van der Waals surface area contributed by atoms with Crippen LogP contribution in [0.4, 0.5) is 46.4 Å².